The number of hydrogen-bond acceptors (Lipinski definition) is 0. The second-order valence-corrected chi connectivity index (χ2v) is 2.93. The molecule has 0 radical (unpaired) electrons. The molecule has 0 aromatic heterocycles. The van der Waals surface area contributed by atoms with Gasteiger partial charge >= 0.3 is 0 Å². The van der Waals surface area contributed by atoms with Crippen molar-refractivity contribution in [2.45, 2.75) is 20.8 Å². The number of rotatable bonds is 0. The molecule has 0 spiro atoms. The Labute approximate surface area is 62.9 Å². The summed E-state index contributed by atoms with van der Waals surface area (Å²) >= 11 is 0. The maximum absolute atomic E-state index is 2.24. The van der Waals surface area contributed by atoms with Gasteiger partial charge in [0.25, 0.3) is 0 Å². The minimum absolute atomic E-state index is 0.620. The first kappa shape index (κ1) is 7.33. The molecule has 0 saturated heterocycles. The van der Waals surface area contributed by atoms with Crippen molar-refractivity contribution < 1.29 is 0 Å². The van der Waals surface area contributed by atoms with Gasteiger partial charge in [-0.05, 0) is 19.8 Å². The summed E-state index contributed by atoms with van der Waals surface area (Å²) in [5.74, 6) is 0.620. The molecule has 0 N–H and O–H groups in total. The van der Waals surface area contributed by atoms with Crippen LogP contribution in [0, 0.1) is 5.92 Å². The van der Waals surface area contributed by atoms with Gasteiger partial charge in [0.1, 0.15) is 0 Å². The average Bonchev–Trinajstić information content (AvgIpc) is 2.04. The highest BCUT2D eigenvalue weighted by molar-refractivity contribution is 5.29. The van der Waals surface area contributed by atoms with E-state index >= 15 is 0 Å². The Bertz CT molecular complexity index is 182. The zero-order valence-electron chi connectivity index (χ0n) is 6.89. The molecule has 1 aliphatic carbocycles. The lowest BCUT2D eigenvalue weighted by atomic mass is 9.96. The maximum Gasteiger partial charge on any atom is -0.00207 e. The molecule has 0 saturated carbocycles. The van der Waals surface area contributed by atoms with Gasteiger partial charge < -0.3 is 0 Å². The molecule has 1 rings (SSSR count). The van der Waals surface area contributed by atoms with Crippen LogP contribution in [0.15, 0.2) is 35.5 Å². The Morgan fingerprint density at radius 2 is 1.40 bits per heavy atom. The van der Waals surface area contributed by atoms with Crippen LogP contribution >= 0.6 is 0 Å². The highest BCUT2D eigenvalue weighted by Gasteiger charge is 2.05. The third-order valence-electron chi connectivity index (χ3n) is 2.20. The topological polar surface area (TPSA) is 0 Å². The molecule has 0 heterocycles. The summed E-state index contributed by atoms with van der Waals surface area (Å²) in [6, 6.07) is 0. The minimum Gasteiger partial charge on any atom is -0.0664 e. The second kappa shape index (κ2) is 2.87. The van der Waals surface area contributed by atoms with Crippen molar-refractivity contribution in [2.75, 3.05) is 0 Å². The predicted octanol–water partition coefficient (Wildman–Crippen LogP) is 3.08. The molecule has 0 bridgehead atoms. The van der Waals surface area contributed by atoms with Crippen LogP contribution in [0.1, 0.15) is 20.8 Å². The number of allylic oxidation sites excluding steroid dienone is 6. The van der Waals surface area contributed by atoms with Crippen molar-refractivity contribution in [1.29, 1.82) is 0 Å². The van der Waals surface area contributed by atoms with E-state index in [2.05, 4.69) is 45.1 Å². The Morgan fingerprint density at radius 3 is 1.80 bits per heavy atom. The van der Waals surface area contributed by atoms with Crippen molar-refractivity contribution in [2.24, 2.45) is 5.92 Å². The molecule has 0 heteroatoms. The van der Waals surface area contributed by atoms with Gasteiger partial charge in [-0.2, -0.15) is 0 Å². The smallest absolute Gasteiger partial charge is 0.00207 e. The number of hydrogen-bond donors (Lipinski definition) is 0. The molecule has 54 valence electrons. The van der Waals surface area contributed by atoms with Gasteiger partial charge in [0, 0.05) is 0 Å². The van der Waals surface area contributed by atoms with E-state index in [1.807, 2.05) is 0 Å². The van der Waals surface area contributed by atoms with Gasteiger partial charge in [0.2, 0.25) is 0 Å². The third-order valence-corrected chi connectivity index (χ3v) is 2.20. The van der Waals surface area contributed by atoms with E-state index in [4.69, 9.17) is 0 Å². The van der Waals surface area contributed by atoms with Crippen LogP contribution in [0.4, 0.5) is 0 Å². The monoisotopic (exact) mass is 134 g/mol. The summed E-state index contributed by atoms with van der Waals surface area (Å²) < 4.78 is 0. The quantitative estimate of drug-likeness (QED) is 0.477. The van der Waals surface area contributed by atoms with E-state index in [-0.39, 0.29) is 0 Å². The van der Waals surface area contributed by atoms with Crippen LogP contribution in [0.3, 0.4) is 0 Å². The van der Waals surface area contributed by atoms with E-state index in [9.17, 15) is 0 Å². The van der Waals surface area contributed by atoms with E-state index in [0.717, 1.165) is 0 Å². The van der Waals surface area contributed by atoms with Crippen molar-refractivity contribution in [3.63, 3.8) is 0 Å². The molecular weight excluding hydrogens is 120 g/mol. The molecule has 0 amide bonds. The van der Waals surface area contributed by atoms with Crippen LogP contribution in [0.2, 0.25) is 0 Å². The largest absolute Gasteiger partial charge is 0.0664 e. The lowest BCUT2D eigenvalue weighted by Gasteiger charge is -2.10. The van der Waals surface area contributed by atoms with Crippen molar-refractivity contribution in [1.82, 2.24) is 0 Å². The van der Waals surface area contributed by atoms with Crippen LogP contribution in [0.5, 0.6) is 0 Å². The molecule has 0 aliphatic heterocycles. The van der Waals surface area contributed by atoms with Crippen LogP contribution < -0.4 is 0 Å². The predicted molar refractivity (Wildman–Crippen MR) is 45.8 cm³/mol. The normalized spacial score (nSPS) is 19.9. The fraction of sp³-hybridized carbons (Fsp3) is 0.400. The van der Waals surface area contributed by atoms with E-state index in [0.29, 0.717) is 5.92 Å². The first-order chi connectivity index (χ1) is 4.72. The van der Waals surface area contributed by atoms with Gasteiger partial charge in [-0.25, -0.2) is 0 Å². The molecule has 0 aromatic carbocycles. The standard InChI is InChI=1S/C10H14/c1-8-6-4-5-7-9(2)10(8)3/h4-7,10H,1-3H3. The Balaban J connectivity index is 2.91. The average molecular weight is 134 g/mol. The lowest BCUT2D eigenvalue weighted by molar-refractivity contribution is 0.803. The first-order valence-electron chi connectivity index (χ1n) is 3.73. The summed E-state index contributed by atoms with van der Waals surface area (Å²) in [5.41, 5.74) is 2.89. The second-order valence-electron chi connectivity index (χ2n) is 2.93. The summed E-state index contributed by atoms with van der Waals surface area (Å²) in [6.45, 7) is 6.60. The lowest BCUT2D eigenvalue weighted by Crippen LogP contribution is -1.96. The highest BCUT2D eigenvalue weighted by atomic mass is 14.1. The summed E-state index contributed by atoms with van der Waals surface area (Å²) in [7, 11) is 0. The first-order valence-corrected chi connectivity index (χ1v) is 3.73. The minimum atomic E-state index is 0.620. The van der Waals surface area contributed by atoms with E-state index in [1.165, 1.54) is 11.1 Å². The zero-order chi connectivity index (χ0) is 7.56. The fourth-order valence-corrected chi connectivity index (χ4v) is 1.06. The zero-order valence-corrected chi connectivity index (χ0v) is 6.89. The summed E-state index contributed by atoms with van der Waals surface area (Å²) in [5, 5.41) is 0. The highest BCUT2D eigenvalue weighted by Crippen LogP contribution is 2.20. The molecule has 1 aliphatic rings. The summed E-state index contributed by atoms with van der Waals surface area (Å²) in [6.07, 6.45) is 8.56. The fourth-order valence-electron chi connectivity index (χ4n) is 1.06. The van der Waals surface area contributed by atoms with Gasteiger partial charge in [0.15, 0.2) is 0 Å². The maximum atomic E-state index is 2.24. The molecule has 0 atom stereocenters. The third kappa shape index (κ3) is 1.38. The van der Waals surface area contributed by atoms with Crippen molar-refractivity contribution >= 4 is 0 Å². The van der Waals surface area contributed by atoms with Crippen molar-refractivity contribution in [3.8, 4) is 0 Å². The molecule has 10 heavy (non-hydrogen) atoms. The molecule has 0 nitrogen and oxygen atoms in total. The molecule has 0 fully saturated rings. The Morgan fingerprint density at radius 1 is 1.00 bits per heavy atom. The van der Waals surface area contributed by atoms with Crippen molar-refractivity contribution in [3.05, 3.63) is 35.5 Å². The summed E-state index contributed by atoms with van der Waals surface area (Å²) in [4.78, 5) is 0. The van der Waals surface area contributed by atoms with Crippen LogP contribution in [-0.2, 0) is 0 Å². The van der Waals surface area contributed by atoms with Gasteiger partial charge in [-0.1, -0.05) is 42.4 Å². The molecular formula is C10H14. The van der Waals surface area contributed by atoms with Gasteiger partial charge in [-0.15, -0.1) is 0 Å². The Kier molecular flexibility index (Phi) is 2.10. The van der Waals surface area contributed by atoms with E-state index < -0.39 is 0 Å². The molecule has 0 unspecified atom stereocenters. The van der Waals surface area contributed by atoms with Gasteiger partial charge in [-0.3, -0.25) is 0 Å². The van der Waals surface area contributed by atoms with E-state index in [1.54, 1.807) is 0 Å². The Hall–Kier alpha value is -0.780. The van der Waals surface area contributed by atoms with Gasteiger partial charge in [0.05, 0.1) is 0 Å². The molecule has 0 aromatic rings. The van der Waals surface area contributed by atoms with Crippen LogP contribution in [0.25, 0.3) is 0 Å². The SMILES string of the molecule is CC1=CC=CC=C(C)C1C. The van der Waals surface area contributed by atoms with Crippen LogP contribution in [-0.4, -0.2) is 0 Å².